The number of nitrogens with zero attached hydrogens (tertiary/aromatic N) is 1. The van der Waals surface area contributed by atoms with E-state index < -0.39 is 0 Å². The lowest BCUT2D eigenvalue weighted by atomic mass is 10.2. The van der Waals surface area contributed by atoms with Crippen molar-refractivity contribution in [3.63, 3.8) is 0 Å². The molecule has 0 aliphatic carbocycles. The standard InChI is InChI=1S/C18H19NO3/c1-2-12-19(14-20)17-10-8-16(9-11-17)18(21)22-13-15-6-4-3-5-7-15/h3-11,14H,2,12-13H2,1H3. The summed E-state index contributed by atoms with van der Waals surface area (Å²) in [5.74, 6) is -0.372. The molecule has 0 N–H and O–H groups in total. The van der Waals surface area contributed by atoms with Crippen molar-refractivity contribution in [1.82, 2.24) is 0 Å². The summed E-state index contributed by atoms with van der Waals surface area (Å²) in [4.78, 5) is 24.6. The average Bonchev–Trinajstić information content (AvgIpc) is 2.58. The fraction of sp³-hybridized carbons (Fsp3) is 0.222. The molecule has 4 heteroatoms. The molecule has 1 amide bonds. The highest BCUT2D eigenvalue weighted by Crippen LogP contribution is 2.15. The smallest absolute Gasteiger partial charge is 0.338 e. The second kappa shape index (κ2) is 7.98. The summed E-state index contributed by atoms with van der Waals surface area (Å²) < 4.78 is 5.27. The van der Waals surface area contributed by atoms with E-state index in [1.54, 1.807) is 29.2 Å². The fourth-order valence-electron chi connectivity index (χ4n) is 2.08. The molecule has 0 radical (unpaired) electrons. The average molecular weight is 297 g/mol. The molecule has 2 rings (SSSR count). The first kappa shape index (κ1) is 15.8. The lowest BCUT2D eigenvalue weighted by molar-refractivity contribution is -0.107. The van der Waals surface area contributed by atoms with E-state index in [0.29, 0.717) is 12.1 Å². The Morgan fingerprint density at radius 1 is 1.09 bits per heavy atom. The third kappa shape index (κ3) is 4.19. The van der Waals surface area contributed by atoms with Crippen LogP contribution in [0.3, 0.4) is 0 Å². The molecule has 2 aromatic rings. The van der Waals surface area contributed by atoms with E-state index in [1.807, 2.05) is 37.3 Å². The largest absolute Gasteiger partial charge is 0.457 e. The van der Waals surface area contributed by atoms with Gasteiger partial charge in [0.1, 0.15) is 6.61 Å². The molecule has 0 heterocycles. The van der Waals surface area contributed by atoms with Gasteiger partial charge in [0.25, 0.3) is 0 Å². The van der Waals surface area contributed by atoms with Gasteiger partial charge >= 0.3 is 5.97 Å². The number of amides is 1. The second-order valence-corrected chi connectivity index (χ2v) is 4.91. The molecule has 0 bridgehead atoms. The lowest BCUT2D eigenvalue weighted by Gasteiger charge is -2.16. The Balaban J connectivity index is 1.97. The summed E-state index contributed by atoms with van der Waals surface area (Å²) in [7, 11) is 0. The van der Waals surface area contributed by atoms with Gasteiger partial charge in [0, 0.05) is 12.2 Å². The molecule has 2 aromatic carbocycles. The fourth-order valence-corrected chi connectivity index (χ4v) is 2.08. The first-order chi connectivity index (χ1) is 10.7. The molecule has 22 heavy (non-hydrogen) atoms. The Kier molecular flexibility index (Phi) is 5.72. The Hall–Kier alpha value is -2.62. The van der Waals surface area contributed by atoms with Crippen LogP contribution < -0.4 is 4.90 Å². The monoisotopic (exact) mass is 297 g/mol. The molecule has 0 atom stereocenters. The van der Waals surface area contributed by atoms with Crippen molar-refractivity contribution >= 4 is 18.1 Å². The zero-order valence-corrected chi connectivity index (χ0v) is 12.6. The minimum atomic E-state index is -0.372. The maximum Gasteiger partial charge on any atom is 0.338 e. The Morgan fingerprint density at radius 3 is 2.36 bits per heavy atom. The van der Waals surface area contributed by atoms with Gasteiger partial charge in [0.15, 0.2) is 0 Å². The quantitative estimate of drug-likeness (QED) is 0.581. The Labute approximate surface area is 130 Å². The second-order valence-electron chi connectivity index (χ2n) is 4.91. The van der Waals surface area contributed by atoms with E-state index in [4.69, 9.17) is 4.74 Å². The molecule has 0 spiro atoms. The van der Waals surface area contributed by atoms with Gasteiger partial charge in [0.2, 0.25) is 6.41 Å². The topological polar surface area (TPSA) is 46.6 Å². The summed E-state index contributed by atoms with van der Waals surface area (Å²) in [6, 6.07) is 16.4. The van der Waals surface area contributed by atoms with Gasteiger partial charge < -0.3 is 9.64 Å². The van der Waals surface area contributed by atoms with Crippen LogP contribution in [0.2, 0.25) is 0 Å². The zero-order chi connectivity index (χ0) is 15.8. The minimum absolute atomic E-state index is 0.248. The molecule has 4 nitrogen and oxygen atoms in total. The van der Waals surface area contributed by atoms with E-state index in [-0.39, 0.29) is 12.6 Å². The van der Waals surface area contributed by atoms with Crippen molar-refractivity contribution < 1.29 is 14.3 Å². The third-order valence-corrected chi connectivity index (χ3v) is 3.24. The van der Waals surface area contributed by atoms with E-state index in [0.717, 1.165) is 24.1 Å². The number of rotatable bonds is 7. The highest BCUT2D eigenvalue weighted by molar-refractivity contribution is 5.90. The van der Waals surface area contributed by atoms with Gasteiger partial charge in [-0.1, -0.05) is 37.3 Å². The van der Waals surface area contributed by atoms with Gasteiger partial charge in [-0.2, -0.15) is 0 Å². The van der Waals surface area contributed by atoms with Crippen LogP contribution in [-0.2, 0) is 16.1 Å². The van der Waals surface area contributed by atoms with Crippen molar-refractivity contribution in [2.24, 2.45) is 0 Å². The third-order valence-electron chi connectivity index (χ3n) is 3.24. The van der Waals surface area contributed by atoms with Crippen molar-refractivity contribution in [2.75, 3.05) is 11.4 Å². The van der Waals surface area contributed by atoms with Gasteiger partial charge in [-0.3, -0.25) is 4.79 Å². The van der Waals surface area contributed by atoms with Crippen molar-refractivity contribution in [3.05, 3.63) is 65.7 Å². The van der Waals surface area contributed by atoms with Gasteiger partial charge in [-0.15, -0.1) is 0 Å². The molecule has 114 valence electrons. The van der Waals surface area contributed by atoms with Crippen molar-refractivity contribution in [1.29, 1.82) is 0 Å². The Morgan fingerprint density at radius 2 is 1.77 bits per heavy atom. The number of carbonyl (C=O) groups is 2. The number of anilines is 1. The molecule has 0 aliphatic heterocycles. The SMILES string of the molecule is CCCN(C=O)c1ccc(C(=O)OCc2ccccc2)cc1. The van der Waals surface area contributed by atoms with E-state index in [2.05, 4.69) is 0 Å². The summed E-state index contributed by atoms with van der Waals surface area (Å²) >= 11 is 0. The lowest BCUT2D eigenvalue weighted by Crippen LogP contribution is -2.21. The normalized spacial score (nSPS) is 10.0. The first-order valence-corrected chi connectivity index (χ1v) is 7.27. The van der Waals surface area contributed by atoms with Crippen LogP contribution in [0.25, 0.3) is 0 Å². The molecule has 0 saturated heterocycles. The number of benzene rings is 2. The number of carbonyl (C=O) groups excluding carboxylic acids is 2. The highest BCUT2D eigenvalue weighted by Gasteiger charge is 2.09. The minimum Gasteiger partial charge on any atom is -0.457 e. The maximum absolute atomic E-state index is 12.0. The van der Waals surface area contributed by atoms with Crippen molar-refractivity contribution in [3.8, 4) is 0 Å². The number of hydrogen-bond donors (Lipinski definition) is 0. The van der Waals surface area contributed by atoms with Gasteiger partial charge in [-0.25, -0.2) is 4.79 Å². The molecular weight excluding hydrogens is 278 g/mol. The number of ether oxygens (including phenoxy) is 1. The molecule has 0 fully saturated rings. The van der Waals surface area contributed by atoms with Crippen molar-refractivity contribution in [2.45, 2.75) is 20.0 Å². The van der Waals surface area contributed by atoms with Crippen LogP contribution in [0.4, 0.5) is 5.69 Å². The van der Waals surface area contributed by atoms with Crippen LogP contribution in [0.15, 0.2) is 54.6 Å². The van der Waals surface area contributed by atoms with E-state index in [1.165, 1.54) is 0 Å². The maximum atomic E-state index is 12.0. The van der Waals surface area contributed by atoms with Gasteiger partial charge in [0.05, 0.1) is 5.56 Å². The van der Waals surface area contributed by atoms with Crippen LogP contribution in [0.5, 0.6) is 0 Å². The molecule has 0 aliphatic rings. The molecule has 0 aromatic heterocycles. The first-order valence-electron chi connectivity index (χ1n) is 7.27. The predicted octanol–water partition coefficient (Wildman–Crippen LogP) is 3.42. The van der Waals surface area contributed by atoms with Crippen LogP contribution >= 0.6 is 0 Å². The number of hydrogen-bond acceptors (Lipinski definition) is 3. The molecule has 0 saturated carbocycles. The zero-order valence-electron chi connectivity index (χ0n) is 12.6. The van der Waals surface area contributed by atoms with Crippen LogP contribution in [-0.4, -0.2) is 18.9 Å². The van der Waals surface area contributed by atoms with Crippen LogP contribution in [0.1, 0.15) is 29.3 Å². The van der Waals surface area contributed by atoms with Gasteiger partial charge in [-0.05, 0) is 36.2 Å². The Bertz CT molecular complexity index is 608. The summed E-state index contributed by atoms with van der Waals surface area (Å²) in [5, 5.41) is 0. The number of esters is 1. The van der Waals surface area contributed by atoms with Crippen LogP contribution in [0, 0.1) is 0 Å². The van der Waals surface area contributed by atoms with E-state index >= 15 is 0 Å². The molecular formula is C18H19NO3. The predicted molar refractivity (Wildman–Crippen MR) is 85.7 cm³/mol. The highest BCUT2D eigenvalue weighted by atomic mass is 16.5. The molecule has 0 unspecified atom stereocenters. The summed E-state index contributed by atoms with van der Waals surface area (Å²) in [6.45, 7) is 2.91. The summed E-state index contributed by atoms with van der Waals surface area (Å²) in [6.07, 6.45) is 1.67. The summed E-state index contributed by atoms with van der Waals surface area (Å²) in [5.41, 5.74) is 2.20. The van der Waals surface area contributed by atoms with E-state index in [9.17, 15) is 9.59 Å².